The maximum atomic E-state index is 13.0. The van der Waals surface area contributed by atoms with Crippen LogP contribution >= 0.6 is 0 Å². The zero-order chi connectivity index (χ0) is 19.2. The van der Waals surface area contributed by atoms with Crippen molar-refractivity contribution in [1.29, 1.82) is 0 Å². The van der Waals surface area contributed by atoms with Crippen LogP contribution < -0.4 is 0 Å². The van der Waals surface area contributed by atoms with E-state index in [1.165, 1.54) is 0 Å². The molecule has 3 heterocycles. The third-order valence-corrected chi connectivity index (χ3v) is 5.20. The van der Waals surface area contributed by atoms with Gasteiger partial charge in [-0.25, -0.2) is 9.78 Å². The van der Waals surface area contributed by atoms with Gasteiger partial charge in [-0.3, -0.25) is 9.78 Å². The fourth-order valence-electron chi connectivity index (χ4n) is 3.82. The second-order valence-electron chi connectivity index (χ2n) is 7.41. The molecule has 0 unspecified atom stereocenters. The third kappa shape index (κ3) is 3.13. The monoisotopic (exact) mass is 366 g/mol. The Labute approximate surface area is 158 Å². The van der Waals surface area contributed by atoms with Gasteiger partial charge in [-0.1, -0.05) is 12.1 Å². The van der Waals surface area contributed by atoms with Gasteiger partial charge in [0, 0.05) is 37.3 Å². The van der Waals surface area contributed by atoms with Gasteiger partial charge in [0.1, 0.15) is 0 Å². The van der Waals surface area contributed by atoms with Crippen LogP contribution in [0.1, 0.15) is 28.2 Å². The van der Waals surface area contributed by atoms with Crippen molar-refractivity contribution in [3.63, 3.8) is 0 Å². The molecule has 0 bridgehead atoms. The van der Waals surface area contributed by atoms with Crippen LogP contribution in [0, 0.1) is 13.8 Å². The Morgan fingerprint density at radius 2 is 2.07 bits per heavy atom. The summed E-state index contributed by atoms with van der Waals surface area (Å²) in [6, 6.07) is 7.46. The summed E-state index contributed by atoms with van der Waals surface area (Å²) < 4.78 is 5.54. The number of benzene rings is 1. The van der Waals surface area contributed by atoms with E-state index in [-0.39, 0.29) is 12.0 Å². The minimum Gasteiger partial charge on any atom is -0.439 e. The highest BCUT2D eigenvalue weighted by Crippen LogP contribution is 2.32. The van der Waals surface area contributed by atoms with Crippen LogP contribution in [0.25, 0.3) is 11.3 Å². The molecule has 27 heavy (non-hydrogen) atoms. The number of nitrogens with zero attached hydrogens (tertiary/aromatic N) is 4. The molecule has 1 atom stereocenters. The first-order valence-corrected chi connectivity index (χ1v) is 9.01. The number of likely N-dealkylation sites (tertiary alicyclic amines) is 1. The van der Waals surface area contributed by atoms with E-state index in [0.29, 0.717) is 31.6 Å². The number of carbonyl (C=O) groups excluding carboxylic acids is 2. The molecule has 140 valence electrons. The van der Waals surface area contributed by atoms with Crippen molar-refractivity contribution in [3.05, 3.63) is 47.4 Å². The number of ether oxygens (including phenoxy) is 1. The first-order valence-electron chi connectivity index (χ1n) is 9.01. The molecule has 2 aromatic rings. The van der Waals surface area contributed by atoms with Gasteiger partial charge in [0.05, 0.1) is 30.2 Å². The first kappa shape index (κ1) is 17.5. The van der Waals surface area contributed by atoms with Crippen molar-refractivity contribution >= 4 is 12.0 Å². The standard InChI is InChI=1S/C20H22N4O3/c1-13-10-21-14(2)17(22-13)15-5-4-6-16(9-15)18(25)24-8-7-20(12-24)11-23(3)19(26)27-20/h4-6,9-10H,7-8,11-12H2,1-3H3/t20-/m0/s1. The molecule has 0 N–H and O–H groups in total. The van der Waals surface area contributed by atoms with Gasteiger partial charge < -0.3 is 14.5 Å². The average Bonchev–Trinajstić information content (AvgIpc) is 3.18. The first-order chi connectivity index (χ1) is 12.9. The maximum absolute atomic E-state index is 13.0. The number of amides is 2. The number of rotatable bonds is 2. The van der Waals surface area contributed by atoms with E-state index in [2.05, 4.69) is 9.97 Å². The lowest BCUT2D eigenvalue weighted by Crippen LogP contribution is -2.39. The predicted octanol–water partition coefficient (Wildman–Crippen LogP) is 2.43. The van der Waals surface area contributed by atoms with Crippen molar-refractivity contribution in [2.24, 2.45) is 0 Å². The molecule has 1 aromatic heterocycles. The van der Waals surface area contributed by atoms with Crippen molar-refractivity contribution in [2.75, 3.05) is 26.7 Å². The molecule has 7 nitrogen and oxygen atoms in total. The summed E-state index contributed by atoms with van der Waals surface area (Å²) in [6.07, 6.45) is 2.08. The van der Waals surface area contributed by atoms with Gasteiger partial charge in [-0.15, -0.1) is 0 Å². The highest BCUT2D eigenvalue weighted by molar-refractivity contribution is 5.95. The Balaban J connectivity index is 1.57. The smallest absolute Gasteiger partial charge is 0.410 e. The van der Waals surface area contributed by atoms with Crippen molar-refractivity contribution in [3.8, 4) is 11.3 Å². The molecule has 2 amide bonds. The van der Waals surface area contributed by atoms with Gasteiger partial charge in [0.15, 0.2) is 5.60 Å². The largest absolute Gasteiger partial charge is 0.439 e. The van der Waals surface area contributed by atoms with E-state index in [1.807, 2.05) is 38.1 Å². The molecular weight excluding hydrogens is 344 g/mol. The number of carbonyl (C=O) groups is 2. The zero-order valence-electron chi connectivity index (χ0n) is 15.7. The molecule has 7 heteroatoms. The van der Waals surface area contributed by atoms with Crippen LogP contribution in [0.3, 0.4) is 0 Å². The summed E-state index contributed by atoms with van der Waals surface area (Å²) in [5.74, 6) is -0.0578. The van der Waals surface area contributed by atoms with Crippen LogP contribution in [0.4, 0.5) is 4.79 Å². The Bertz CT molecular complexity index is 929. The summed E-state index contributed by atoms with van der Waals surface area (Å²) in [6.45, 7) is 5.33. The van der Waals surface area contributed by atoms with Crippen molar-refractivity contribution < 1.29 is 14.3 Å². The highest BCUT2D eigenvalue weighted by atomic mass is 16.6. The molecule has 0 aliphatic carbocycles. The number of hydrogen-bond donors (Lipinski definition) is 0. The lowest BCUT2D eigenvalue weighted by Gasteiger charge is -2.22. The van der Waals surface area contributed by atoms with Crippen LogP contribution in [0.2, 0.25) is 0 Å². The minimum atomic E-state index is -0.572. The summed E-state index contributed by atoms with van der Waals surface area (Å²) >= 11 is 0. The van der Waals surface area contributed by atoms with Crippen molar-refractivity contribution in [2.45, 2.75) is 25.9 Å². The van der Waals surface area contributed by atoms with Gasteiger partial charge in [-0.05, 0) is 26.0 Å². The maximum Gasteiger partial charge on any atom is 0.410 e. The van der Waals surface area contributed by atoms with E-state index >= 15 is 0 Å². The molecule has 1 spiro atoms. The normalized spacial score (nSPS) is 21.8. The third-order valence-electron chi connectivity index (χ3n) is 5.20. The fourth-order valence-corrected chi connectivity index (χ4v) is 3.82. The summed E-state index contributed by atoms with van der Waals surface area (Å²) in [5, 5.41) is 0. The fraction of sp³-hybridized carbons (Fsp3) is 0.400. The highest BCUT2D eigenvalue weighted by Gasteiger charge is 2.49. The Morgan fingerprint density at radius 3 is 2.81 bits per heavy atom. The zero-order valence-corrected chi connectivity index (χ0v) is 15.7. The van der Waals surface area contributed by atoms with Crippen LogP contribution in [-0.4, -0.2) is 64.1 Å². The Morgan fingerprint density at radius 1 is 1.26 bits per heavy atom. The lowest BCUT2D eigenvalue weighted by molar-refractivity contribution is 0.0553. The van der Waals surface area contributed by atoms with Crippen molar-refractivity contribution in [1.82, 2.24) is 19.8 Å². The Kier molecular flexibility index (Phi) is 4.09. The SMILES string of the molecule is Cc1cnc(C)c(-c2cccc(C(=O)N3CC[C@]4(CN(C)C(=O)O4)C3)c2)n1. The van der Waals surface area contributed by atoms with Crippen LogP contribution in [0.15, 0.2) is 30.5 Å². The van der Waals surface area contributed by atoms with E-state index in [1.54, 1.807) is 23.0 Å². The lowest BCUT2D eigenvalue weighted by atomic mass is 10.0. The van der Waals surface area contributed by atoms with E-state index < -0.39 is 5.60 Å². The molecule has 2 fully saturated rings. The molecule has 2 aliphatic heterocycles. The molecule has 2 saturated heterocycles. The van der Waals surface area contributed by atoms with Gasteiger partial charge in [0.2, 0.25) is 0 Å². The molecule has 0 saturated carbocycles. The summed E-state index contributed by atoms with van der Waals surface area (Å²) in [7, 11) is 1.72. The second kappa shape index (κ2) is 6.33. The van der Waals surface area contributed by atoms with E-state index in [9.17, 15) is 9.59 Å². The van der Waals surface area contributed by atoms with Crippen LogP contribution in [0.5, 0.6) is 0 Å². The number of hydrogen-bond acceptors (Lipinski definition) is 5. The minimum absolute atomic E-state index is 0.0578. The second-order valence-corrected chi connectivity index (χ2v) is 7.41. The van der Waals surface area contributed by atoms with E-state index in [4.69, 9.17) is 4.74 Å². The molecule has 1 aromatic carbocycles. The molecule has 2 aliphatic rings. The number of aromatic nitrogens is 2. The van der Waals surface area contributed by atoms with E-state index in [0.717, 1.165) is 22.6 Å². The van der Waals surface area contributed by atoms with Gasteiger partial charge in [-0.2, -0.15) is 0 Å². The average molecular weight is 366 g/mol. The number of likely N-dealkylation sites (N-methyl/N-ethyl adjacent to an activating group) is 1. The molecule has 4 rings (SSSR count). The summed E-state index contributed by atoms with van der Waals surface area (Å²) in [4.78, 5) is 37.0. The molecular formula is C20H22N4O3. The molecule has 0 radical (unpaired) electrons. The van der Waals surface area contributed by atoms with Crippen LogP contribution in [-0.2, 0) is 4.74 Å². The van der Waals surface area contributed by atoms with Gasteiger partial charge in [0.25, 0.3) is 5.91 Å². The topological polar surface area (TPSA) is 75.6 Å². The summed E-state index contributed by atoms with van der Waals surface area (Å²) in [5.41, 5.74) is 3.35. The Hall–Kier alpha value is -2.96. The van der Waals surface area contributed by atoms with Gasteiger partial charge >= 0.3 is 6.09 Å². The quantitative estimate of drug-likeness (QED) is 0.816. The number of aryl methyl sites for hydroxylation is 2. The predicted molar refractivity (Wildman–Crippen MR) is 99.3 cm³/mol.